The fraction of sp³-hybridized carbons (Fsp3) is 0.471. The molecule has 2 unspecified atom stereocenters. The van der Waals surface area contributed by atoms with Gasteiger partial charge in [0.15, 0.2) is 0 Å². The van der Waals surface area contributed by atoms with Crippen LogP contribution >= 0.6 is 0 Å². The molecule has 1 aromatic carbocycles. The number of esters is 1. The van der Waals surface area contributed by atoms with E-state index in [2.05, 4.69) is 10.2 Å². The summed E-state index contributed by atoms with van der Waals surface area (Å²) in [5, 5.41) is 8.44. The van der Waals surface area contributed by atoms with Gasteiger partial charge >= 0.3 is 5.97 Å². The molecule has 22 heavy (non-hydrogen) atoms. The Morgan fingerprint density at radius 1 is 1.18 bits per heavy atom. The van der Waals surface area contributed by atoms with Crippen molar-refractivity contribution in [2.45, 2.75) is 33.1 Å². The highest BCUT2D eigenvalue weighted by Gasteiger charge is 2.38. The second-order valence-corrected chi connectivity index (χ2v) is 5.17. The van der Waals surface area contributed by atoms with Gasteiger partial charge in [-0.1, -0.05) is 19.1 Å². The molecule has 5 heteroatoms. The van der Waals surface area contributed by atoms with Crippen LogP contribution in [0, 0.1) is 5.92 Å². The van der Waals surface area contributed by atoms with Crippen LogP contribution in [0.25, 0.3) is 0 Å². The highest BCUT2D eigenvalue weighted by atomic mass is 16.5. The summed E-state index contributed by atoms with van der Waals surface area (Å²) in [5.74, 6) is -0.00807. The molecule has 1 aliphatic heterocycles. The van der Waals surface area contributed by atoms with E-state index in [1.165, 1.54) is 0 Å². The Labute approximate surface area is 131 Å². The number of nitrogens with zero attached hydrogens (tertiary/aromatic N) is 2. The Bertz CT molecular complexity index is 590. The van der Waals surface area contributed by atoms with E-state index in [9.17, 15) is 4.79 Å². The Hall–Kier alpha value is -2.17. The van der Waals surface area contributed by atoms with E-state index >= 15 is 0 Å². The van der Waals surface area contributed by atoms with Gasteiger partial charge in [0.25, 0.3) is 0 Å². The summed E-state index contributed by atoms with van der Waals surface area (Å²) >= 11 is 0. The molecule has 1 aromatic rings. The molecule has 1 aliphatic rings. The standard InChI is InChI=1S/C17H22N2O3/c1-5-14-16(12-7-9-13(21-4)10-8-12)15(11(3)18-19-14)17(20)22-6-2/h7-10,15-16H,5-6H2,1-4H3. The molecule has 2 rings (SSSR count). The van der Waals surface area contributed by atoms with E-state index in [-0.39, 0.29) is 11.9 Å². The number of hydrogen-bond donors (Lipinski definition) is 0. The second-order valence-electron chi connectivity index (χ2n) is 5.17. The van der Waals surface area contributed by atoms with E-state index in [0.717, 1.165) is 23.4 Å². The largest absolute Gasteiger partial charge is 0.497 e. The Kier molecular flexibility index (Phi) is 5.31. The van der Waals surface area contributed by atoms with E-state index < -0.39 is 5.92 Å². The zero-order valence-electron chi connectivity index (χ0n) is 13.5. The maximum atomic E-state index is 12.4. The van der Waals surface area contributed by atoms with Crippen molar-refractivity contribution in [3.05, 3.63) is 29.8 Å². The van der Waals surface area contributed by atoms with Gasteiger partial charge in [-0.2, -0.15) is 10.2 Å². The molecule has 5 nitrogen and oxygen atoms in total. The van der Waals surface area contributed by atoms with E-state index in [0.29, 0.717) is 12.3 Å². The van der Waals surface area contributed by atoms with Crippen molar-refractivity contribution < 1.29 is 14.3 Å². The molecule has 0 fully saturated rings. The van der Waals surface area contributed by atoms with Crippen LogP contribution in [0.15, 0.2) is 34.5 Å². The summed E-state index contributed by atoms with van der Waals surface area (Å²) in [7, 11) is 1.63. The molecule has 0 N–H and O–H groups in total. The molecule has 0 aliphatic carbocycles. The number of carbonyl (C=O) groups is 1. The van der Waals surface area contributed by atoms with Gasteiger partial charge in [-0.3, -0.25) is 4.79 Å². The SMILES string of the molecule is CCOC(=O)C1C(C)=NN=C(CC)C1c1ccc(OC)cc1. The maximum absolute atomic E-state index is 12.4. The summed E-state index contributed by atoms with van der Waals surface area (Å²) in [5.41, 5.74) is 2.61. The molecule has 0 spiro atoms. The summed E-state index contributed by atoms with van der Waals surface area (Å²) in [6.45, 7) is 6.02. The van der Waals surface area contributed by atoms with Crippen LogP contribution < -0.4 is 4.74 Å². The summed E-state index contributed by atoms with van der Waals surface area (Å²) in [6.07, 6.45) is 0.739. The lowest BCUT2D eigenvalue weighted by molar-refractivity contribution is -0.145. The predicted molar refractivity (Wildman–Crippen MR) is 86.7 cm³/mol. The first-order valence-corrected chi connectivity index (χ1v) is 7.53. The Balaban J connectivity index is 2.42. The van der Waals surface area contributed by atoms with Gasteiger partial charge < -0.3 is 9.47 Å². The quantitative estimate of drug-likeness (QED) is 0.785. The molecule has 118 valence electrons. The first-order chi connectivity index (χ1) is 10.6. The van der Waals surface area contributed by atoms with Crippen LogP contribution in [-0.4, -0.2) is 31.1 Å². The molecular weight excluding hydrogens is 280 g/mol. The minimum absolute atomic E-state index is 0.132. The van der Waals surface area contributed by atoms with Crippen LogP contribution in [0.3, 0.4) is 0 Å². The summed E-state index contributed by atoms with van der Waals surface area (Å²) < 4.78 is 10.4. The first kappa shape index (κ1) is 16.2. The van der Waals surface area contributed by atoms with Gasteiger partial charge in [-0.15, -0.1) is 0 Å². The van der Waals surface area contributed by atoms with Gasteiger partial charge in [0.1, 0.15) is 11.7 Å². The van der Waals surface area contributed by atoms with Crippen molar-refractivity contribution in [1.82, 2.24) is 0 Å². The van der Waals surface area contributed by atoms with Gasteiger partial charge in [-0.05, 0) is 38.0 Å². The van der Waals surface area contributed by atoms with Gasteiger partial charge in [0.2, 0.25) is 0 Å². The van der Waals surface area contributed by atoms with Gasteiger partial charge in [0, 0.05) is 11.6 Å². The fourth-order valence-corrected chi connectivity index (χ4v) is 2.73. The number of methoxy groups -OCH3 is 1. The van der Waals surface area contributed by atoms with Crippen molar-refractivity contribution in [2.24, 2.45) is 16.1 Å². The molecule has 0 saturated heterocycles. The van der Waals surface area contributed by atoms with Crippen molar-refractivity contribution >= 4 is 17.4 Å². The third kappa shape index (κ3) is 3.18. The topological polar surface area (TPSA) is 60.2 Å². The predicted octanol–water partition coefficient (Wildman–Crippen LogP) is 3.20. The van der Waals surface area contributed by atoms with E-state index in [1.54, 1.807) is 7.11 Å². The summed E-state index contributed by atoms with van der Waals surface area (Å²) in [4.78, 5) is 12.4. The number of carbonyl (C=O) groups excluding carboxylic acids is 1. The lowest BCUT2D eigenvalue weighted by atomic mass is 9.78. The zero-order chi connectivity index (χ0) is 16.1. The van der Waals surface area contributed by atoms with Crippen LogP contribution in [0.1, 0.15) is 38.7 Å². The normalized spacial score (nSPS) is 20.9. The molecule has 0 aromatic heterocycles. The van der Waals surface area contributed by atoms with Crippen molar-refractivity contribution in [1.29, 1.82) is 0 Å². The smallest absolute Gasteiger partial charge is 0.315 e. The van der Waals surface area contributed by atoms with Crippen molar-refractivity contribution in [3.63, 3.8) is 0 Å². The third-order valence-corrected chi connectivity index (χ3v) is 3.86. The van der Waals surface area contributed by atoms with Crippen molar-refractivity contribution in [3.8, 4) is 5.75 Å². The minimum atomic E-state index is -0.416. The van der Waals surface area contributed by atoms with Crippen LogP contribution in [0.5, 0.6) is 5.75 Å². The zero-order valence-corrected chi connectivity index (χ0v) is 13.5. The molecule has 2 atom stereocenters. The number of rotatable bonds is 5. The molecule has 0 saturated carbocycles. The van der Waals surface area contributed by atoms with E-state index in [4.69, 9.17) is 9.47 Å². The lowest BCUT2D eigenvalue weighted by Crippen LogP contribution is -2.36. The van der Waals surface area contributed by atoms with Crippen LogP contribution in [0.4, 0.5) is 0 Å². The highest BCUT2D eigenvalue weighted by Crippen LogP contribution is 2.33. The number of ether oxygens (including phenoxy) is 2. The average molecular weight is 302 g/mol. The molecular formula is C17H22N2O3. The second kappa shape index (κ2) is 7.20. The molecule has 0 radical (unpaired) electrons. The van der Waals surface area contributed by atoms with Crippen LogP contribution in [0.2, 0.25) is 0 Å². The molecule has 1 heterocycles. The Morgan fingerprint density at radius 3 is 2.41 bits per heavy atom. The average Bonchev–Trinajstić information content (AvgIpc) is 2.54. The van der Waals surface area contributed by atoms with E-state index in [1.807, 2.05) is 45.0 Å². The maximum Gasteiger partial charge on any atom is 0.315 e. The fourth-order valence-electron chi connectivity index (χ4n) is 2.73. The van der Waals surface area contributed by atoms with Gasteiger partial charge in [-0.25, -0.2) is 0 Å². The Morgan fingerprint density at radius 2 is 1.86 bits per heavy atom. The number of benzene rings is 1. The molecule has 0 amide bonds. The van der Waals surface area contributed by atoms with Gasteiger partial charge in [0.05, 0.1) is 19.4 Å². The minimum Gasteiger partial charge on any atom is -0.497 e. The van der Waals surface area contributed by atoms with Crippen molar-refractivity contribution in [2.75, 3.05) is 13.7 Å². The van der Waals surface area contributed by atoms with Crippen LogP contribution in [-0.2, 0) is 9.53 Å². The third-order valence-electron chi connectivity index (χ3n) is 3.86. The summed E-state index contributed by atoms with van der Waals surface area (Å²) in [6, 6.07) is 7.73. The monoisotopic (exact) mass is 302 g/mol. The molecule has 0 bridgehead atoms. The number of hydrogen-bond acceptors (Lipinski definition) is 5. The first-order valence-electron chi connectivity index (χ1n) is 7.53. The highest BCUT2D eigenvalue weighted by molar-refractivity contribution is 6.09. The lowest BCUT2D eigenvalue weighted by Gasteiger charge is -2.29.